The molecule has 0 unspecified atom stereocenters. The molecular formula is C22H20F3N5O3S. The van der Waals surface area contributed by atoms with Crippen LogP contribution in [0.2, 0.25) is 0 Å². The summed E-state index contributed by atoms with van der Waals surface area (Å²) in [5.74, 6) is 0.265. The summed E-state index contributed by atoms with van der Waals surface area (Å²) >= 11 is 0. The van der Waals surface area contributed by atoms with Crippen molar-refractivity contribution < 1.29 is 26.1 Å². The van der Waals surface area contributed by atoms with Crippen molar-refractivity contribution in [2.24, 2.45) is 0 Å². The van der Waals surface area contributed by atoms with Crippen molar-refractivity contribution in [3.63, 3.8) is 0 Å². The van der Waals surface area contributed by atoms with Crippen LogP contribution in [0.5, 0.6) is 0 Å². The molecule has 0 N–H and O–H groups in total. The molecule has 2 heterocycles. The molecule has 0 aliphatic carbocycles. The zero-order chi connectivity index (χ0) is 24.5. The quantitative estimate of drug-likeness (QED) is 0.536. The van der Waals surface area contributed by atoms with Gasteiger partial charge in [-0.3, -0.25) is 4.90 Å². The standard InChI is InChI=1S/C22H20F3N5O3S/c1-15(21-27-20(28-33-21)16-6-4-7-18(13-16)22(23,24)25)29-9-11-30(12-10-29)34(31,32)19-8-3-2-5-17(19)14-26/h2-8,13,15H,9-12H2,1H3/t15-/m0/s1. The molecule has 1 aliphatic heterocycles. The van der Waals surface area contributed by atoms with Gasteiger partial charge in [-0.2, -0.15) is 27.7 Å². The molecule has 0 spiro atoms. The first-order valence-corrected chi connectivity index (χ1v) is 11.8. The lowest BCUT2D eigenvalue weighted by Gasteiger charge is -2.36. The van der Waals surface area contributed by atoms with Crippen LogP contribution in [0.25, 0.3) is 11.4 Å². The molecule has 0 amide bonds. The molecule has 1 fully saturated rings. The van der Waals surface area contributed by atoms with Gasteiger partial charge < -0.3 is 4.52 Å². The second-order valence-corrected chi connectivity index (χ2v) is 9.67. The summed E-state index contributed by atoms with van der Waals surface area (Å²) in [6, 6.07) is 12.3. The molecule has 178 valence electrons. The highest BCUT2D eigenvalue weighted by atomic mass is 32.2. The summed E-state index contributed by atoms with van der Waals surface area (Å²) in [5, 5.41) is 13.1. The Morgan fingerprint density at radius 3 is 2.47 bits per heavy atom. The van der Waals surface area contributed by atoms with Crippen LogP contribution >= 0.6 is 0 Å². The van der Waals surface area contributed by atoms with Gasteiger partial charge in [-0.05, 0) is 31.2 Å². The Hall–Kier alpha value is -3.27. The zero-order valence-corrected chi connectivity index (χ0v) is 18.8. The largest absolute Gasteiger partial charge is 0.416 e. The van der Waals surface area contributed by atoms with Gasteiger partial charge in [0.1, 0.15) is 6.07 Å². The van der Waals surface area contributed by atoms with Crippen molar-refractivity contribution in [3.8, 4) is 17.5 Å². The zero-order valence-electron chi connectivity index (χ0n) is 18.0. The first-order chi connectivity index (χ1) is 16.1. The molecule has 1 aromatic heterocycles. The molecule has 0 radical (unpaired) electrons. The van der Waals surface area contributed by atoms with E-state index in [-0.39, 0.29) is 46.9 Å². The Balaban J connectivity index is 1.45. The van der Waals surface area contributed by atoms with E-state index in [1.807, 2.05) is 11.0 Å². The summed E-state index contributed by atoms with van der Waals surface area (Å²) < 4.78 is 71.6. The molecule has 12 heteroatoms. The number of halogens is 3. The predicted molar refractivity (Wildman–Crippen MR) is 115 cm³/mol. The van der Waals surface area contributed by atoms with Gasteiger partial charge >= 0.3 is 6.18 Å². The van der Waals surface area contributed by atoms with Crippen molar-refractivity contribution in [2.75, 3.05) is 26.2 Å². The summed E-state index contributed by atoms with van der Waals surface area (Å²) in [6.07, 6.45) is -4.48. The fourth-order valence-corrected chi connectivity index (χ4v) is 5.33. The lowest BCUT2D eigenvalue weighted by molar-refractivity contribution is -0.137. The highest BCUT2D eigenvalue weighted by Crippen LogP contribution is 2.32. The number of nitriles is 1. The van der Waals surface area contributed by atoms with E-state index in [1.165, 1.54) is 28.6 Å². The summed E-state index contributed by atoms with van der Waals surface area (Å²) in [5.41, 5.74) is -0.532. The van der Waals surface area contributed by atoms with E-state index in [9.17, 15) is 26.9 Å². The third-order valence-corrected chi connectivity index (χ3v) is 7.65. The van der Waals surface area contributed by atoms with Gasteiger partial charge in [0.2, 0.25) is 21.7 Å². The van der Waals surface area contributed by atoms with Crippen LogP contribution in [0.4, 0.5) is 13.2 Å². The van der Waals surface area contributed by atoms with Crippen LogP contribution in [0, 0.1) is 11.3 Å². The summed E-state index contributed by atoms with van der Waals surface area (Å²) in [6.45, 7) is 2.94. The average Bonchev–Trinajstić information content (AvgIpc) is 3.33. The van der Waals surface area contributed by atoms with Crippen LogP contribution in [-0.2, 0) is 16.2 Å². The van der Waals surface area contributed by atoms with E-state index in [4.69, 9.17) is 4.52 Å². The van der Waals surface area contributed by atoms with Gasteiger partial charge in [-0.1, -0.05) is 29.4 Å². The molecule has 0 saturated carbocycles. The minimum absolute atomic E-state index is 0.0263. The first-order valence-electron chi connectivity index (χ1n) is 10.4. The molecule has 1 saturated heterocycles. The Morgan fingerprint density at radius 1 is 1.09 bits per heavy atom. The van der Waals surface area contributed by atoms with Crippen molar-refractivity contribution in [2.45, 2.75) is 24.0 Å². The van der Waals surface area contributed by atoms with E-state index < -0.39 is 21.8 Å². The highest BCUT2D eigenvalue weighted by molar-refractivity contribution is 7.89. The summed E-state index contributed by atoms with van der Waals surface area (Å²) in [7, 11) is -3.83. The van der Waals surface area contributed by atoms with Gasteiger partial charge in [0, 0.05) is 31.7 Å². The Labute approximate surface area is 194 Å². The maximum Gasteiger partial charge on any atom is 0.416 e. The Bertz CT molecular complexity index is 1330. The van der Waals surface area contributed by atoms with Crippen molar-refractivity contribution in [1.82, 2.24) is 19.3 Å². The lowest BCUT2D eigenvalue weighted by atomic mass is 10.1. The number of benzene rings is 2. The monoisotopic (exact) mass is 491 g/mol. The highest BCUT2D eigenvalue weighted by Gasteiger charge is 2.34. The molecule has 1 atom stereocenters. The third-order valence-electron chi connectivity index (χ3n) is 5.69. The normalized spacial score (nSPS) is 16.8. The molecule has 3 aromatic rings. The van der Waals surface area contributed by atoms with E-state index in [0.29, 0.717) is 13.1 Å². The van der Waals surface area contributed by atoms with E-state index in [0.717, 1.165) is 12.1 Å². The topological polar surface area (TPSA) is 103 Å². The number of nitrogens with zero attached hydrogens (tertiary/aromatic N) is 5. The number of sulfonamides is 1. The lowest BCUT2D eigenvalue weighted by Crippen LogP contribution is -2.49. The smallest absolute Gasteiger partial charge is 0.337 e. The molecular weight excluding hydrogens is 471 g/mol. The van der Waals surface area contributed by atoms with Crippen molar-refractivity contribution >= 4 is 10.0 Å². The third kappa shape index (κ3) is 4.68. The molecule has 1 aliphatic rings. The van der Waals surface area contributed by atoms with E-state index >= 15 is 0 Å². The fraction of sp³-hybridized carbons (Fsp3) is 0.318. The summed E-state index contributed by atoms with van der Waals surface area (Å²) in [4.78, 5) is 6.19. The number of hydrogen-bond donors (Lipinski definition) is 0. The van der Waals surface area contributed by atoms with E-state index in [1.54, 1.807) is 19.1 Å². The second kappa shape index (κ2) is 9.17. The maximum atomic E-state index is 13.0. The van der Waals surface area contributed by atoms with Crippen molar-refractivity contribution in [1.29, 1.82) is 5.26 Å². The first kappa shape index (κ1) is 23.9. The number of hydrogen-bond acceptors (Lipinski definition) is 7. The van der Waals surface area contributed by atoms with Gasteiger partial charge in [-0.15, -0.1) is 0 Å². The van der Waals surface area contributed by atoms with Crippen LogP contribution in [0.1, 0.15) is 30.0 Å². The minimum atomic E-state index is -4.48. The molecule has 4 rings (SSSR count). The maximum absolute atomic E-state index is 13.0. The molecule has 2 aromatic carbocycles. The van der Waals surface area contributed by atoms with Gasteiger partial charge in [0.15, 0.2) is 0 Å². The average molecular weight is 491 g/mol. The van der Waals surface area contributed by atoms with Crippen LogP contribution < -0.4 is 0 Å². The van der Waals surface area contributed by atoms with Crippen LogP contribution in [0.3, 0.4) is 0 Å². The number of piperazine rings is 1. The molecule has 34 heavy (non-hydrogen) atoms. The SMILES string of the molecule is C[C@@H](c1nc(-c2cccc(C(F)(F)F)c2)no1)N1CCN(S(=O)(=O)c2ccccc2C#N)CC1. The van der Waals surface area contributed by atoms with Gasteiger partial charge in [-0.25, -0.2) is 8.42 Å². The minimum Gasteiger partial charge on any atom is -0.337 e. The Kier molecular flexibility index (Phi) is 6.44. The number of alkyl halides is 3. The Morgan fingerprint density at radius 2 is 1.79 bits per heavy atom. The molecule has 0 bridgehead atoms. The van der Waals surface area contributed by atoms with E-state index in [2.05, 4.69) is 10.1 Å². The second-order valence-electron chi connectivity index (χ2n) is 7.76. The fourth-order valence-electron chi connectivity index (χ4n) is 3.77. The van der Waals surface area contributed by atoms with Crippen molar-refractivity contribution in [3.05, 3.63) is 65.5 Å². The van der Waals surface area contributed by atoms with Crippen LogP contribution in [0.15, 0.2) is 57.9 Å². The van der Waals surface area contributed by atoms with Gasteiger partial charge in [0.05, 0.1) is 22.1 Å². The van der Waals surface area contributed by atoms with Gasteiger partial charge in [0.25, 0.3) is 0 Å². The predicted octanol–water partition coefficient (Wildman–Crippen LogP) is 3.69. The number of rotatable bonds is 5. The molecule has 8 nitrogen and oxygen atoms in total. The number of aromatic nitrogens is 2. The van der Waals surface area contributed by atoms with Crippen LogP contribution in [-0.4, -0.2) is 53.9 Å².